The molecule has 0 aromatic carbocycles. The van der Waals surface area contributed by atoms with Crippen molar-refractivity contribution in [1.82, 2.24) is 18.3 Å². The number of aryl methyl sites for hydroxylation is 12. The lowest BCUT2D eigenvalue weighted by Crippen LogP contribution is -2.37. The molecule has 0 amide bonds. The van der Waals surface area contributed by atoms with Crippen molar-refractivity contribution in [3.63, 3.8) is 0 Å². The maximum Gasteiger partial charge on any atom is 0.289 e. The Kier molecular flexibility index (Phi) is 18.0. The first kappa shape index (κ1) is 61.3. The highest BCUT2D eigenvalue weighted by molar-refractivity contribution is 5.91. The second kappa shape index (κ2) is 21.8. The molecule has 0 unspecified atom stereocenters. The summed E-state index contributed by atoms with van der Waals surface area (Å²) in [7, 11) is 17.4. The Hall–Kier alpha value is -5.24. The van der Waals surface area contributed by atoms with Crippen LogP contribution in [0.4, 0.5) is 0 Å². The SMILES string of the molecule is C.Cc1c(C)[n+](C)c(C)c2c(C(C)C)c(C)n(C)c12.Cc1c(C)[n+](C)c(C)c2c1c(C(C)(C)C)c(C)n2C.Cc1c(C)c2c(C(C)C)c(C)n(C)c2[n+](C)c1C.Cc1c(C)c2c(c(C(C)C)c(C)n2C)[n+](C)c1C. The summed E-state index contributed by atoms with van der Waals surface area (Å²) < 4.78 is 18.7. The van der Waals surface area contributed by atoms with Gasteiger partial charge in [-0.2, -0.15) is 4.57 Å². The van der Waals surface area contributed by atoms with Crippen LogP contribution in [-0.4, -0.2) is 18.3 Å². The molecule has 0 aliphatic carbocycles. The minimum atomic E-state index is 0. The average Bonchev–Trinajstić information content (AvgIpc) is 3.95. The molecule has 0 atom stereocenters. The largest absolute Gasteiger partial charge is 0.347 e. The summed E-state index contributed by atoms with van der Waals surface area (Å²) in [6, 6.07) is 0. The fourth-order valence-corrected chi connectivity index (χ4v) is 12.8. The monoisotopic (exact) mass is 1010 g/mol. The van der Waals surface area contributed by atoms with Gasteiger partial charge in [-0.25, -0.2) is 18.3 Å². The highest BCUT2D eigenvalue weighted by Crippen LogP contribution is 2.39. The van der Waals surface area contributed by atoms with Gasteiger partial charge in [-0.05, 0) is 127 Å². The Bertz CT molecular complexity index is 3210. The Morgan fingerprint density at radius 2 is 0.716 bits per heavy atom. The Labute approximate surface area is 451 Å². The van der Waals surface area contributed by atoms with Gasteiger partial charge in [-0.3, -0.25) is 0 Å². The van der Waals surface area contributed by atoms with Crippen LogP contribution in [0.3, 0.4) is 0 Å². The number of aromatic nitrogens is 8. The molecule has 0 saturated carbocycles. The van der Waals surface area contributed by atoms with E-state index in [1.807, 2.05) is 0 Å². The minimum absolute atomic E-state index is 0. The van der Waals surface area contributed by atoms with E-state index in [0.717, 1.165) is 0 Å². The molecule has 8 heterocycles. The van der Waals surface area contributed by atoms with Crippen LogP contribution in [-0.2, 0) is 61.8 Å². The van der Waals surface area contributed by atoms with Gasteiger partial charge in [-0.1, -0.05) is 69.7 Å². The van der Waals surface area contributed by atoms with Crippen LogP contribution < -0.4 is 18.3 Å². The van der Waals surface area contributed by atoms with Gasteiger partial charge in [0.05, 0.1) is 30.4 Å². The smallest absolute Gasteiger partial charge is 0.289 e. The zero-order valence-corrected chi connectivity index (χ0v) is 52.8. The third-order valence-corrected chi connectivity index (χ3v) is 18.4. The molecule has 0 aliphatic rings. The average molecular weight is 1010 g/mol. The molecule has 74 heavy (non-hydrogen) atoms. The predicted molar refractivity (Wildman–Crippen MR) is 320 cm³/mol. The van der Waals surface area contributed by atoms with Crippen LogP contribution in [0.25, 0.3) is 43.9 Å². The molecule has 406 valence electrons. The van der Waals surface area contributed by atoms with E-state index in [-0.39, 0.29) is 12.8 Å². The third kappa shape index (κ3) is 9.67. The fraction of sp³-hybridized carbons (Fsp3) is 0.576. The lowest BCUT2D eigenvalue weighted by atomic mass is 9.83. The second-order valence-corrected chi connectivity index (χ2v) is 24.2. The highest BCUT2D eigenvalue weighted by Gasteiger charge is 2.31. The molecule has 0 bridgehead atoms. The maximum atomic E-state index is 2.36. The quantitative estimate of drug-likeness (QED) is 0.158. The Morgan fingerprint density at radius 3 is 1.20 bits per heavy atom. The molecule has 0 aliphatic heterocycles. The molecule has 0 N–H and O–H groups in total. The van der Waals surface area contributed by atoms with Gasteiger partial charge < -0.3 is 13.7 Å². The van der Waals surface area contributed by atoms with Crippen molar-refractivity contribution in [3.8, 4) is 0 Å². The molecule has 0 radical (unpaired) electrons. The van der Waals surface area contributed by atoms with Crippen molar-refractivity contribution < 1.29 is 18.3 Å². The fourth-order valence-electron chi connectivity index (χ4n) is 12.8. The standard InChI is InChI=1S/C17H27N2.3C16H25N2.CH4/c1-10-11(2)18(8)13(4)16-14(10)15(17(5,6)7)12(3)19(16)9;1-9(2)14-12(5)18(8)16-10(3)11(4)17(7)13(6)15(14)16;1-9(2)14-13(6)18(8)15-11(4)10(3)12(5)17(7)16(14)15;1-9(2)14-13(6)18(8)16-15(14)11(4)10(3)12(5)17(16)7;/h1-9H3;3*9H,1-8H3;1H4/q4*+1;. The molecule has 8 nitrogen and oxygen atoms in total. The Morgan fingerprint density at radius 1 is 0.338 bits per heavy atom. The zero-order valence-electron chi connectivity index (χ0n) is 52.8. The van der Waals surface area contributed by atoms with E-state index >= 15 is 0 Å². The van der Waals surface area contributed by atoms with E-state index in [1.165, 1.54) is 156 Å². The van der Waals surface area contributed by atoms with Gasteiger partial charge in [0.1, 0.15) is 43.6 Å². The number of rotatable bonds is 3. The highest BCUT2D eigenvalue weighted by atomic mass is 15.1. The van der Waals surface area contributed by atoms with Crippen LogP contribution in [0.1, 0.15) is 200 Å². The van der Waals surface area contributed by atoms with Crippen molar-refractivity contribution in [2.45, 2.75) is 204 Å². The number of hydrogen-bond donors (Lipinski definition) is 0. The molecule has 0 spiro atoms. The van der Waals surface area contributed by atoms with Gasteiger partial charge in [0, 0.05) is 106 Å². The van der Waals surface area contributed by atoms with Crippen LogP contribution in [0, 0.1) is 111 Å². The number of hydrogen-bond acceptors (Lipinski definition) is 0. The summed E-state index contributed by atoms with van der Waals surface area (Å²) in [6.07, 6.45) is 0. The first-order valence-electron chi connectivity index (χ1n) is 27.2. The van der Waals surface area contributed by atoms with E-state index < -0.39 is 0 Å². The van der Waals surface area contributed by atoms with E-state index in [0.29, 0.717) is 17.8 Å². The lowest BCUT2D eigenvalue weighted by Gasteiger charge is -2.20. The van der Waals surface area contributed by atoms with Crippen LogP contribution in [0.5, 0.6) is 0 Å². The van der Waals surface area contributed by atoms with Crippen LogP contribution >= 0.6 is 0 Å². The van der Waals surface area contributed by atoms with Gasteiger partial charge in [0.25, 0.3) is 5.65 Å². The number of nitrogens with zero attached hydrogens (tertiary/aromatic N) is 8. The molecule has 8 rings (SSSR count). The number of fused-ring (bicyclic) bond motifs is 4. The van der Waals surface area contributed by atoms with Crippen molar-refractivity contribution in [3.05, 3.63) is 113 Å². The first-order chi connectivity index (χ1) is 33.4. The normalized spacial score (nSPS) is 11.8. The van der Waals surface area contributed by atoms with Crippen molar-refractivity contribution >= 4 is 43.9 Å². The van der Waals surface area contributed by atoms with Crippen LogP contribution in [0.2, 0.25) is 0 Å². The van der Waals surface area contributed by atoms with Crippen molar-refractivity contribution in [2.24, 2.45) is 56.4 Å². The first-order valence-corrected chi connectivity index (χ1v) is 27.2. The Balaban J connectivity index is 0.000000213. The lowest BCUT2D eigenvalue weighted by molar-refractivity contribution is -0.682. The molecule has 0 saturated heterocycles. The van der Waals surface area contributed by atoms with Gasteiger partial charge in [0.15, 0.2) is 22.8 Å². The molecule has 8 aromatic rings. The van der Waals surface area contributed by atoms with E-state index in [9.17, 15) is 0 Å². The number of pyridine rings is 4. The topological polar surface area (TPSA) is 35.2 Å². The second-order valence-electron chi connectivity index (χ2n) is 24.2. The molecule has 0 fully saturated rings. The molecular weight excluding hydrogens is 905 g/mol. The molecule has 8 heteroatoms. The summed E-state index contributed by atoms with van der Waals surface area (Å²) in [5, 5.41) is 4.37. The predicted octanol–water partition coefficient (Wildman–Crippen LogP) is 14.2. The van der Waals surface area contributed by atoms with Crippen molar-refractivity contribution in [1.29, 1.82) is 0 Å². The van der Waals surface area contributed by atoms with E-state index in [2.05, 4.69) is 266 Å². The third-order valence-electron chi connectivity index (χ3n) is 18.4. The van der Waals surface area contributed by atoms with E-state index in [4.69, 9.17) is 0 Å². The summed E-state index contributed by atoms with van der Waals surface area (Å²) in [6.45, 7) is 56.4. The summed E-state index contributed by atoms with van der Waals surface area (Å²) >= 11 is 0. The minimum Gasteiger partial charge on any atom is -0.347 e. The summed E-state index contributed by atoms with van der Waals surface area (Å²) in [4.78, 5) is 0. The van der Waals surface area contributed by atoms with Crippen molar-refractivity contribution in [2.75, 3.05) is 0 Å². The van der Waals surface area contributed by atoms with Gasteiger partial charge in [0.2, 0.25) is 11.2 Å². The summed E-state index contributed by atoms with van der Waals surface area (Å²) in [5.74, 6) is 1.69. The van der Waals surface area contributed by atoms with Gasteiger partial charge >= 0.3 is 0 Å². The van der Waals surface area contributed by atoms with Gasteiger partial charge in [-0.15, -0.1) is 0 Å². The van der Waals surface area contributed by atoms with E-state index in [1.54, 1.807) is 0 Å². The maximum absolute atomic E-state index is 2.36. The molecule has 8 aromatic heterocycles. The van der Waals surface area contributed by atoms with Crippen LogP contribution in [0.15, 0.2) is 0 Å². The zero-order chi connectivity index (χ0) is 56.0. The summed E-state index contributed by atoms with van der Waals surface area (Å²) in [5.41, 5.74) is 35.3. The molecular formula is C66H106N8+4.